The molecule has 0 amide bonds. The maximum atomic E-state index is 11.5. The van der Waals surface area contributed by atoms with E-state index < -0.39 is 18.5 Å². The Hall–Kier alpha value is -1.01. The second kappa shape index (κ2) is 8.32. The first-order valence-corrected chi connectivity index (χ1v) is 6.66. The molecule has 1 rings (SSSR count). The first kappa shape index (κ1) is 17.0. The number of rotatable bonds is 6. The van der Waals surface area contributed by atoms with Gasteiger partial charge in [0.2, 0.25) is 0 Å². The van der Waals surface area contributed by atoms with Crippen LogP contribution in [0, 0.1) is 0 Å². The summed E-state index contributed by atoms with van der Waals surface area (Å²) < 4.78 is 14.4. The number of carbonyl (C=O) groups is 2. The number of ether oxygens (including phenoxy) is 3. The van der Waals surface area contributed by atoms with Crippen molar-refractivity contribution in [2.24, 2.45) is 0 Å². The van der Waals surface area contributed by atoms with Crippen LogP contribution in [0.15, 0.2) is 12.1 Å². The van der Waals surface area contributed by atoms with Crippen LogP contribution in [0.5, 0.6) is 5.75 Å². The molecule has 20 heavy (non-hydrogen) atoms. The highest BCUT2D eigenvalue weighted by Crippen LogP contribution is 2.35. The molecule has 0 aliphatic heterocycles. The minimum absolute atomic E-state index is 0.0116. The summed E-state index contributed by atoms with van der Waals surface area (Å²) in [5.41, 5.74) is 0. The van der Waals surface area contributed by atoms with E-state index in [0.717, 1.165) is 0 Å². The quantitative estimate of drug-likeness (QED) is 0.587. The van der Waals surface area contributed by atoms with Gasteiger partial charge in [0.25, 0.3) is 0 Å². The van der Waals surface area contributed by atoms with Gasteiger partial charge in [-0.2, -0.15) is 0 Å². The fourth-order valence-corrected chi connectivity index (χ4v) is 2.08. The van der Waals surface area contributed by atoms with Crippen molar-refractivity contribution in [3.05, 3.63) is 27.2 Å². The summed E-state index contributed by atoms with van der Waals surface area (Å²) in [4.78, 5) is 22.5. The average Bonchev–Trinajstić information content (AvgIpc) is 2.34. The van der Waals surface area contributed by atoms with E-state index in [9.17, 15) is 9.59 Å². The molecule has 0 atom stereocenters. The van der Waals surface area contributed by atoms with Gasteiger partial charge in [0, 0.05) is 5.02 Å². The minimum Gasteiger partial charge on any atom is -0.464 e. The van der Waals surface area contributed by atoms with Gasteiger partial charge in [-0.25, -0.2) is 9.59 Å². The van der Waals surface area contributed by atoms with Crippen LogP contribution in [0.1, 0.15) is 6.92 Å². The zero-order valence-electron chi connectivity index (χ0n) is 10.5. The molecular formula is C12H11Cl3O5. The molecule has 0 fully saturated rings. The van der Waals surface area contributed by atoms with Crippen molar-refractivity contribution in [1.29, 1.82) is 0 Å². The molecule has 0 bridgehead atoms. The Bertz CT molecular complexity index is 481. The van der Waals surface area contributed by atoms with Crippen LogP contribution < -0.4 is 4.74 Å². The fraction of sp³-hybridized carbons (Fsp3) is 0.333. The zero-order valence-corrected chi connectivity index (χ0v) is 12.7. The van der Waals surface area contributed by atoms with Gasteiger partial charge in [-0.3, -0.25) is 0 Å². The van der Waals surface area contributed by atoms with Gasteiger partial charge in [0.1, 0.15) is 13.2 Å². The lowest BCUT2D eigenvalue weighted by atomic mass is 10.3. The maximum absolute atomic E-state index is 11.5. The summed E-state index contributed by atoms with van der Waals surface area (Å²) >= 11 is 17.4. The third kappa shape index (κ3) is 5.54. The lowest BCUT2D eigenvalue weighted by Crippen LogP contribution is -2.20. The summed E-state index contributed by atoms with van der Waals surface area (Å²) in [6.07, 6.45) is 0. The number of hydrogen-bond acceptors (Lipinski definition) is 5. The lowest BCUT2D eigenvalue weighted by molar-refractivity contribution is -0.151. The molecule has 0 aromatic heterocycles. The summed E-state index contributed by atoms with van der Waals surface area (Å²) in [5.74, 6) is -1.33. The minimum atomic E-state index is -0.750. The van der Waals surface area contributed by atoms with Gasteiger partial charge in [-0.15, -0.1) is 0 Å². The molecule has 0 heterocycles. The third-order valence-corrected chi connectivity index (χ3v) is 2.70. The monoisotopic (exact) mass is 340 g/mol. The van der Waals surface area contributed by atoms with Crippen molar-refractivity contribution < 1.29 is 23.8 Å². The van der Waals surface area contributed by atoms with E-state index in [1.165, 1.54) is 12.1 Å². The Morgan fingerprint density at radius 1 is 1.05 bits per heavy atom. The molecule has 0 unspecified atom stereocenters. The first-order valence-electron chi connectivity index (χ1n) is 5.52. The second-order valence-corrected chi connectivity index (χ2v) is 4.72. The highest BCUT2D eigenvalue weighted by molar-refractivity contribution is 6.40. The van der Waals surface area contributed by atoms with Gasteiger partial charge < -0.3 is 14.2 Å². The molecule has 1 aromatic rings. The highest BCUT2D eigenvalue weighted by Gasteiger charge is 2.14. The molecule has 0 aliphatic rings. The topological polar surface area (TPSA) is 61.8 Å². The van der Waals surface area contributed by atoms with Crippen LogP contribution in [-0.4, -0.2) is 31.8 Å². The number of benzene rings is 1. The standard InChI is InChI=1S/C12H11Cl3O5/c1-2-19-10(16)5-18-6-11(17)20-12-8(14)3-7(13)4-9(12)15/h3-4H,2,5-6H2,1H3. The second-order valence-electron chi connectivity index (χ2n) is 3.47. The van der Waals surface area contributed by atoms with E-state index in [1.54, 1.807) is 6.92 Å². The van der Waals surface area contributed by atoms with E-state index >= 15 is 0 Å². The van der Waals surface area contributed by atoms with Crippen LogP contribution in [0.2, 0.25) is 15.1 Å². The Morgan fingerprint density at radius 2 is 1.60 bits per heavy atom. The lowest BCUT2D eigenvalue weighted by Gasteiger charge is -2.09. The van der Waals surface area contributed by atoms with Crippen LogP contribution in [0.25, 0.3) is 0 Å². The Kier molecular flexibility index (Phi) is 7.09. The predicted molar refractivity (Wildman–Crippen MR) is 74.6 cm³/mol. The van der Waals surface area contributed by atoms with E-state index in [0.29, 0.717) is 5.02 Å². The molecule has 0 aliphatic carbocycles. The SMILES string of the molecule is CCOC(=O)COCC(=O)Oc1c(Cl)cc(Cl)cc1Cl. The molecular weight excluding hydrogens is 330 g/mol. The maximum Gasteiger partial charge on any atom is 0.337 e. The van der Waals surface area contributed by atoms with Gasteiger partial charge >= 0.3 is 11.9 Å². The Balaban J connectivity index is 2.49. The normalized spacial score (nSPS) is 10.2. The molecule has 0 spiro atoms. The number of carbonyl (C=O) groups excluding carboxylic acids is 2. The number of esters is 2. The van der Waals surface area contributed by atoms with Crippen LogP contribution in [0.3, 0.4) is 0 Å². The summed E-state index contributed by atoms with van der Waals surface area (Å²) in [6, 6.07) is 2.77. The number of hydrogen-bond donors (Lipinski definition) is 0. The zero-order chi connectivity index (χ0) is 15.1. The van der Waals surface area contributed by atoms with Gasteiger partial charge in [-0.05, 0) is 19.1 Å². The number of halogens is 3. The smallest absolute Gasteiger partial charge is 0.337 e. The van der Waals surface area contributed by atoms with Crippen LogP contribution in [-0.2, 0) is 19.1 Å². The van der Waals surface area contributed by atoms with Gasteiger partial charge in [0.15, 0.2) is 5.75 Å². The van der Waals surface area contributed by atoms with E-state index in [2.05, 4.69) is 4.74 Å². The summed E-state index contributed by atoms with van der Waals surface area (Å²) in [5, 5.41) is 0.515. The summed E-state index contributed by atoms with van der Waals surface area (Å²) in [6.45, 7) is 1.12. The summed E-state index contributed by atoms with van der Waals surface area (Å²) in [7, 11) is 0. The van der Waals surface area contributed by atoms with Crippen LogP contribution in [0.4, 0.5) is 0 Å². The first-order chi connectivity index (χ1) is 9.43. The Morgan fingerprint density at radius 3 is 2.15 bits per heavy atom. The van der Waals surface area contributed by atoms with Crippen molar-refractivity contribution in [2.45, 2.75) is 6.92 Å². The molecule has 5 nitrogen and oxygen atoms in total. The molecule has 0 saturated heterocycles. The molecule has 0 radical (unpaired) electrons. The molecule has 1 aromatic carbocycles. The average molecular weight is 342 g/mol. The molecule has 110 valence electrons. The molecule has 0 N–H and O–H groups in total. The van der Waals surface area contributed by atoms with E-state index in [1.807, 2.05) is 0 Å². The van der Waals surface area contributed by atoms with E-state index in [4.69, 9.17) is 44.3 Å². The van der Waals surface area contributed by atoms with Crippen molar-refractivity contribution in [3.63, 3.8) is 0 Å². The van der Waals surface area contributed by atoms with Crippen molar-refractivity contribution in [2.75, 3.05) is 19.8 Å². The predicted octanol–water partition coefficient (Wildman–Crippen LogP) is 3.13. The fourth-order valence-electron chi connectivity index (χ4n) is 1.19. The van der Waals surface area contributed by atoms with Gasteiger partial charge in [-0.1, -0.05) is 34.8 Å². The van der Waals surface area contributed by atoms with Crippen molar-refractivity contribution in [1.82, 2.24) is 0 Å². The third-order valence-electron chi connectivity index (χ3n) is 1.92. The van der Waals surface area contributed by atoms with Crippen LogP contribution >= 0.6 is 34.8 Å². The van der Waals surface area contributed by atoms with Crippen molar-refractivity contribution >= 4 is 46.7 Å². The van der Waals surface area contributed by atoms with Gasteiger partial charge in [0.05, 0.1) is 16.7 Å². The largest absolute Gasteiger partial charge is 0.464 e. The Labute approximate surface area is 130 Å². The molecule has 0 saturated carbocycles. The molecule has 8 heteroatoms. The van der Waals surface area contributed by atoms with Crippen molar-refractivity contribution in [3.8, 4) is 5.75 Å². The highest BCUT2D eigenvalue weighted by atomic mass is 35.5. The van der Waals surface area contributed by atoms with E-state index in [-0.39, 0.29) is 29.0 Å².